The minimum atomic E-state index is 0.121. The number of likely N-dealkylation sites (tertiary alicyclic amines) is 1. The summed E-state index contributed by atoms with van der Waals surface area (Å²) >= 11 is 0. The standard InChI is InChI=1S/C24H34N6/c1-16-12-17(2)22-21(13-16)28-23(29-22)18(3)20-14-26-24(27-15-20)25-9-5-6-19-7-10-30(4)11-8-19/h12-15,18-19H,5-11H2,1-4H3,(H,28,29)(H,25,26,27). The number of aromatic nitrogens is 4. The molecule has 1 fully saturated rings. The first-order chi connectivity index (χ1) is 14.5. The Balaban J connectivity index is 1.31. The Bertz CT molecular complexity index is 969. The normalized spacial score (nSPS) is 16.8. The number of anilines is 1. The summed E-state index contributed by atoms with van der Waals surface area (Å²) in [6, 6.07) is 4.33. The number of H-pyrrole nitrogens is 1. The lowest BCUT2D eigenvalue weighted by Gasteiger charge is -2.28. The van der Waals surface area contributed by atoms with Gasteiger partial charge in [-0.3, -0.25) is 0 Å². The van der Waals surface area contributed by atoms with E-state index >= 15 is 0 Å². The number of piperidine rings is 1. The summed E-state index contributed by atoms with van der Waals surface area (Å²) in [6.07, 6.45) is 8.97. The van der Waals surface area contributed by atoms with Crippen LogP contribution in [0.2, 0.25) is 0 Å². The van der Waals surface area contributed by atoms with Crippen molar-refractivity contribution < 1.29 is 0 Å². The Morgan fingerprint density at radius 2 is 1.90 bits per heavy atom. The first-order valence-corrected chi connectivity index (χ1v) is 11.2. The van der Waals surface area contributed by atoms with E-state index in [0.29, 0.717) is 5.95 Å². The molecule has 2 aromatic heterocycles. The van der Waals surface area contributed by atoms with Crippen LogP contribution in [0.25, 0.3) is 11.0 Å². The average molecular weight is 407 g/mol. The molecule has 0 spiro atoms. The molecule has 6 heteroatoms. The Labute approximate surface area is 179 Å². The van der Waals surface area contributed by atoms with Gasteiger partial charge in [-0.15, -0.1) is 0 Å². The van der Waals surface area contributed by atoms with Crippen molar-refractivity contribution in [3.05, 3.63) is 47.0 Å². The number of rotatable bonds is 7. The van der Waals surface area contributed by atoms with Crippen molar-refractivity contribution in [1.82, 2.24) is 24.8 Å². The number of fused-ring (bicyclic) bond motifs is 1. The van der Waals surface area contributed by atoms with E-state index in [9.17, 15) is 0 Å². The molecular formula is C24H34N6. The Hall–Kier alpha value is -2.47. The number of nitrogens with zero attached hydrogens (tertiary/aromatic N) is 4. The van der Waals surface area contributed by atoms with Crippen LogP contribution >= 0.6 is 0 Å². The highest BCUT2D eigenvalue weighted by molar-refractivity contribution is 5.79. The molecule has 0 aliphatic carbocycles. The molecule has 2 N–H and O–H groups in total. The second-order valence-corrected chi connectivity index (χ2v) is 8.98. The van der Waals surface area contributed by atoms with Crippen LogP contribution in [-0.4, -0.2) is 51.5 Å². The van der Waals surface area contributed by atoms with Gasteiger partial charge in [0.05, 0.1) is 11.0 Å². The van der Waals surface area contributed by atoms with E-state index in [1.54, 1.807) is 0 Å². The third-order valence-corrected chi connectivity index (χ3v) is 6.43. The first kappa shape index (κ1) is 20.8. The predicted octanol–water partition coefficient (Wildman–Crippen LogP) is 4.66. The van der Waals surface area contributed by atoms with E-state index in [1.807, 2.05) is 12.4 Å². The van der Waals surface area contributed by atoms with E-state index in [4.69, 9.17) is 4.98 Å². The van der Waals surface area contributed by atoms with Crippen LogP contribution in [0.1, 0.15) is 61.0 Å². The van der Waals surface area contributed by atoms with Crippen LogP contribution in [0, 0.1) is 19.8 Å². The van der Waals surface area contributed by atoms with Gasteiger partial charge in [-0.25, -0.2) is 15.0 Å². The van der Waals surface area contributed by atoms with Gasteiger partial charge in [0, 0.05) is 24.9 Å². The second-order valence-electron chi connectivity index (χ2n) is 8.98. The van der Waals surface area contributed by atoms with Crippen LogP contribution < -0.4 is 5.32 Å². The highest BCUT2D eigenvalue weighted by Gasteiger charge is 2.17. The van der Waals surface area contributed by atoms with E-state index < -0.39 is 0 Å². The molecule has 160 valence electrons. The Morgan fingerprint density at radius 3 is 2.63 bits per heavy atom. The molecule has 6 nitrogen and oxygen atoms in total. The minimum absolute atomic E-state index is 0.121. The highest BCUT2D eigenvalue weighted by atomic mass is 15.1. The lowest BCUT2D eigenvalue weighted by atomic mass is 9.92. The van der Waals surface area contributed by atoms with Gasteiger partial charge in [0.2, 0.25) is 5.95 Å². The molecule has 0 amide bonds. The number of imidazole rings is 1. The van der Waals surface area contributed by atoms with Gasteiger partial charge >= 0.3 is 0 Å². The molecule has 1 aliphatic rings. The van der Waals surface area contributed by atoms with Crippen molar-refractivity contribution in [1.29, 1.82) is 0 Å². The van der Waals surface area contributed by atoms with Crippen molar-refractivity contribution in [2.75, 3.05) is 32.0 Å². The van der Waals surface area contributed by atoms with Crippen molar-refractivity contribution in [2.24, 2.45) is 5.92 Å². The van der Waals surface area contributed by atoms with Crippen molar-refractivity contribution in [3.8, 4) is 0 Å². The van der Waals surface area contributed by atoms with Gasteiger partial charge in [0.1, 0.15) is 5.82 Å². The van der Waals surface area contributed by atoms with Crippen molar-refractivity contribution in [2.45, 2.75) is 52.4 Å². The van der Waals surface area contributed by atoms with Gasteiger partial charge < -0.3 is 15.2 Å². The fraction of sp³-hybridized carbons (Fsp3) is 0.542. The summed E-state index contributed by atoms with van der Waals surface area (Å²) < 4.78 is 0. The molecule has 1 aromatic carbocycles. The topological polar surface area (TPSA) is 69.7 Å². The fourth-order valence-electron chi connectivity index (χ4n) is 4.45. The summed E-state index contributed by atoms with van der Waals surface area (Å²) in [5, 5.41) is 3.38. The number of hydrogen-bond acceptors (Lipinski definition) is 5. The van der Waals surface area contributed by atoms with Gasteiger partial charge in [-0.05, 0) is 88.3 Å². The van der Waals surface area contributed by atoms with Crippen LogP contribution in [0.3, 0.4) is 0 Å². The largest absolute Gasteiger partial charge is 0.354 e. The van der Waals surface area contributed by atoms with E-state index in [0.717, 1.165) is 34.9 Å². The summed E-state index contributed by atoms with van der Waals surface area (Å²) in [6.45, 7) is 9.79. The monoisotopic (exact) mass is 406 g/mol. The molecule has 3 aromatic rings. The van der Waals surface area contributed by atoms with Crippen LogP contribution in [0.5, 0.6) is 0 Å². The highest BCUT2D eigenvalue weighted by Crippen LogP contribution is 2.26. The zero-order valence-corrected chi connectivity index (χ0v) is 18.7. The van der Waals surface area contributed by atoms with E-state index in [-0.39, 0.29) is 5.92 Å². The van der Waals surface area contributed by atoms with E-state index in [1.165, 1.54) is 49.9 Å². The Kier molecular flexibility index (Phi) is 6.32. The number of aromatic amines is 1. The van der Waals surface area contributed by atoms with Gasteiger partial charge in [0.15, 0.2) is 0 Å². The third kappa shape index (κ3) is 4.81. The quantitative estimate of drug-likeness (QED) is 0.559. The third-order valence-electron chi connectivity index (χ3n) is 6.43. The Morgan fingerprint density at radius 1 is 1.17 bits per heavy atom. The SMILES string of the molecule is Cc1cc(C)c2nc(C(C)c3cnc(NCCCC4CCN(C)CC4)nc3)[nH]c2c1. The molecular weight excluding hydrogens is 372 g/mol. The average Bonchev–Trinajstić information content (AvgIpc) is 3.17. The van der Waals surface area contributed by atoms with Gasteiger partial charge in [-0.2, -0.15) is 0 Å². The smallest absolute Gasteiger partial charge is 0.222 e. The molecule has 4 rings (SSSR count). The van der Waals surface area contributed by atoms with Gasteiger partial charge in [0.25, 0.3) is 0 Å². The maximum Gasteiger partial charge on any atom is 0.222 e. The van der Waals surface area contributed by atoms with Crippen LogP contribution in [0.15, 0.2) is 24.5 Å². The molecule has 30 heavy (non-hydrogen) atoms. The molecule has 1 unspecified atom stereocenters. The fourth-order valence-corrected chi connectivity index (χ4v) is 4.45. The number of nitrogens with one attached hydrogen (secondary N) is 2. The maximum absolute atomic E-state index is 4.83. The molecule has 0 saturated carbocycles. The molecule has 3 heterocycles. The van der Waals surface area contributed by atoms with Crippen LogP contribution in [-0.2, 0) is 0 Å². The lowest BCUT2D eigenvalue weighted by molar-refractivity contribution is 0.211. The van der Waals surface area contributed by atoms with E-state index in [2.05, 4.69) is 65.1 Å². The molecule has 1 saturated heterocycles. The zero-order valence-electron chi connectivity index (χ0n) is 18.7. The maximum atomic E-state index is 4.83. The van der Waals surface area contributed by atoms with Gasteiger partial charge in [-0.1, -0.05) is 13.0 Å². The summed E-state index contributed by atoms with van der Waals surface area (Å²) in [5.41, 5.74) is 5.66. The number of aryl methyl sites for hydroxylation is 2. The molecule has 1 atom stereocenters. The first-order valence-electron chi connectivity index (χ1n) is 11.2. The van der Waals surface area contributed by atoms with Crippen molar-refractivity contribution in [3.63, 3.8) is 0 Å². The molecule has 0 radical (unpaired) electrons. The molecule has 0 bridgehead atoms. The summed E-state index contributed by atoms with van der Waals surface area (Å²) in [7, 11) is 2.22. The molecule has 1 aliphatic heterocycles. The van der Waals surface area contributed by atoms with Crippen LogP contribution in [0.4, 0.5) is 5.95 Å². The minimum Gasteiger partial charge on any atom is -0.354 e. The predicted molar refractivity (Wildman–Crippen MR) is 123 cm³/mol. The number of benzene rings is 1. The zero-order chi connectivity index (χ0) is 21.1. The lowest BCUT2D eigenvalue weighted by Crippen LogP contribution is -2.30. The second kappa shape index (κ2) is 9.13. The summed E-state index contributed by atoms with van der Waals surface area (Å²) in [4.78, 5) is 19.8. The summed E-state index contributed by atoms with van der Waals surface area (Å²) in [5.74, 6) is 2.67. The number of hydrogen-bond donors (Lipinski definition) is 2. The van der Waals surface area contributed by atoms with Crippen molar-refractivity contribution >= 4 is 17.0 Å².